The highest BCUT2D eigenvalue weighted by molar-refractivity contribution is 5.69. The van der Waals surface area contributed by atoms with Crippen molar-refractivity contribution in [3.8, 4) is 22.8 Å². The Morgan fingerprint density at radius 3 is 2.57 bits per heavy atom. The molecule has 3 rings (SSSR count). The summed E-state index contributed by atoms with van der Waals surface area (Å²) in [5.41, 5.74) is 7.30. The molecule has 0 spiro atoms. The van der Waals surface area contributed by atoms with Crippen molar-refractivity contribution in [1.82, 2.24) is 10.1 Å². The van der Waals surface area contributed by atoms with E-state index in [0.717, 1.165) is 17.7 Å². The lowest BCUT2D eigenvalue weighted by Gasteiger charge is -2.06. The fraction of sp³-hybridized carbons (Fsp3) is 0.125. The lowest BCUT2D eigenvalue weighted by Crippen LogP contribution is -2.04. The summed E-state index contributed by atoms with van der Waals surface area (Å²) in [4.78, 5) is 4.18. The van der Waals surface area contributed by atoms with E-state index in [0.29, 0.717) is 11.3 Å². The van der Waals surface area contributed by atoms with Crippen LogP contribution >= 0.6 is 0 Å². The standard InChI is InChI=1S/C16H12F3N3O/c1-9-12(6-3-7-13(9)20)14-21-15(23-22-14)10-4-2-5-11(8-10)16(17,18)19/h2-8H,20H2,1H3. The summed E-state index contributed by atoms with van der Waals surface area (Å²) in [5, 5.41) is 3.83. The molecule has 1 aromatic heterocycles. The van der Waals surface area contributed by atoms with Crippen LogP contribution in [0.3, 0.4) is 0 Å². The van der Waals surface area contributed by atoms with Crippen LogP contribution in [0.25, 0.3) is 22.8 Å². The van der Waals surface area contributed by atoms with Gasteiger partial charge in [0.15, 0.2) is 0 Å². The molecule has 0 amide bonds. The smallest absolute Gasteiger partial charge is 0.398 e. The van der Waals surface area contributed by atoms with Gasteiger partial charge in [-0.2, -0.15) is 18.2 Å². The molecule has 0 aliphatic carbocycles. The minimum atomic E-state index is -4.43. The van der Waals surface area contributed by atoms with Crippen molar-refractivity contribution >= 4 is 5.69 Å². The molecular weight excluding hydrogens is 307 g/mol. The molecule has 7 heteroatoms. The van der Waals surface area contributed by atoms with Gasteiger partial charge in [-0.1, -0.05) is 23.4 Å². The summed E-state index contributed by atoms with van der Waals surface area (Å²) in [6.45, 7) is 1.81. The molecule has 0 atom stereocenters. The van der Waals surface area contributed by atoms with Gasteiger partial charge in [-0.25, -0.2) is 0 Å². The molecule has 0 aliphatic heterocycles. The van der Waals surface area contributed by atoms with Gasteiger partial charge in [0.25, 0.3) is 5.89 Å². The van der Waals surface area contributed by atoms with Gasteiger partial charge in [-0.3, -0.25) is 0 Å². The van der Waals surface area contributed by atoms with Gasteiger partial charge in [-0.15, -0.1) is 0 Å². The zero-order valence-electron chi connectivity index (χ0n) is 12.1. The van der Waals surface area contributed by atoms with Crippen LogP contribution in [0.15, 0.2) is 47.0 Å². The second kappa shape index (κ2) is 5.42. The molecule has 0 bridgehead atoms. The normalized spacial score (nSPS) is 11.7. The van der Waals surface area contributed by atoms with Crippen molar-refractivity contribution in [3.63, 3.8) is 0 Å². The first-order valence-corrected chi connectivity index (χ1v) is 6.73. The molecule has 0 unspecified atom stereocenters. The highest BCUT2D eigenvalue weighted by Gasteiger charge is 2.30. The van der Waals surface area contributed by atoms with E-state index < -0.39 is 11.7 Å². The molecule has 2 N–H and O–H groups in total. The van der Waals surface area contributed by atoms with E-state index in [4.69, 9.17) is 10.3 Å². The van der Waals surface area contributed by atoms with Gasteiger partial charge in [0, 0.05) is 16.8 Å². The third-order valence-electron chi connectivity index (χ3n) is 3.48. The molecule has 0 fully saturated rings. The van der Waals surface area contributed by atoms with Gasteiger partial charge in [-0.05, 0) is 36.8 Å². The fourth-order valence-corrected chi connectivity index (χ4v) is 2.17. The second-order valence-corrected chi connectivity index (χ2v) is 5.02. The molecular formula is C16H12F3N3O. The third kappa shape index (κ3) is 2.90. The van der Waals surface area contributed by atoms with Crippen LogP contribution < -0.4 is 5.73 Å². The van der Waals surface area contributed by atoms with Crippen LogP contribution in [-0.2, 0) is 6.18 Å². The van der Waals surface area contributed by atoms with Crippen molar-refractivity contribution in [2.24, 2.45) is 0 Å². The van der Waals surface area contributed by atoms with Gasteiger partial charge in [0.2, 0.25) is 5.82 Å². The minimum Gasteiger partial charge on any atom is -0.398 e. The predicted octanol–water partition coefficient (Wildman–Crippen LogP) is 4.31. The zero-order chi connectivity index (χ0) is 16.6. The van der Waals surface area contributed by atoms with Crippen molar-refractivity contribution < 1.29 is 17.7 Å². The largest absolute Gasteiger partial charge is 0.416 e. The number of anilines is 1. The zero-order valence-corrected chi connectivity index (χ0v) is 12.1. The van der Waals surface area contributed by atoms with E-state index in [-0.39, 0.29) is 17.3 Å². The Morgan fingerprint density at radius 1 is 1.09 bits per heavy atom. The Kier molecular flexibility index (Phi) is 3.55. The topological polar surface area (TPSA) is 64.9 Å². The van der Waals surface area contributed by atoms with E-state index >= 15 is 0 Å². The molecule has 4 nitrogen and oxygen atoms in total. The summed E-state index contributed by atoms with van der Waals surface area (Å²) >= 11 is 0. The lowest BCUT2D eigenvalue weighted by molar-refractivity contribution is -0.137. The number of nitrogens with zero attached hydrogens (tertiary/aromatic N) is 2. The van der Waals surface area contributed by atoms with Crippen molar-refractivity contribution in [2.75, 3.05) is 5.73 Å². The van der Waals surface area contributed by atoms with Crippen LogP contribution in [0.5, 0.6) is 0 Å². The first-order valence-electron chi connectivity index (χ1n) is 6.73. The summed E-state index contributed by atoms with van der Waals surface area (Å²) in [6, 6.07) is 10.0. The number of halogens is 3. The van der Waals surface area contributed by atoms with Crippen LogP contribution in [0.2, 0.25) is 0 Å². The van der Waals surface area contributed by atoms with Gasteiger partial charge in [0.05, 0.1) is 5.56 Å². The number of nitrogen functional groups attached to an aromatic ring is 1. The molecule has 2 aromatic carbocycles. The van der Waals surface area contributed by atoms with Gasteiger partial charge < -0.3 is 10.3 Å². The Morgan fingerprint density at radius 2 is 1.83 bits per heavy atom. The van der Waals surface area contributed by atoms with Crippen molar-refractivity contribution in [2.45, 2.75) is 13.1 Å². The fourth-order valence-electron chi connectivity index (χ4n) is 2.17. The summed E-state index contributed by atoms with van der Waals surface area (Å²) in [7, 11) is 0. The molecule has 0 aliphatic rings. The Hall–Kier alpha value is -2.83. The van der Waals surface area contributed by atoms with Crippen LogP contribution in [0.1, 0.15) is 11.1 Å². The molecule has 1 heterocycles. The number of nitrogens with two attached hydrogens (primary N) is 1. The van der Waals surface area contributed by atoms with E-state index in [1.165, 1.54) is 12.1 Å². The third-order valence-corrected chi connectivity index (χ3v) is 3.48. The predicted molar refractivity (Wildman–Crippen MR) is 79.3 cm³/mol. The number of aromatic nitrogens is 2. The highest BCUT2D eigenvalue weighted by atomic mass is 19.4. The van der Waals surface area contributed by atoms with Crippen LogP contribution in [0.4, 0.5) is 18.9 Å². The second-order valence-electron chi connectivity index (χ2n) is 5.02. The van der Waals surface area contributed by atoms with E-state index in [1.807, 2.05) is 6.92 Å². The molecule has 0 saturated heterocycles. The molecule has 118 valence electrons. The maximum Gasteiger partial charge on any atom is 0.416 e. The molecule has 0 radical (unpaired) electrons. The molecule has 23 heavy (non-hydrogen) atoms. The first kappa shape index (κ1) is 15.1. The number of benzene rings is 2. The van der Waals surface area contributed by atoms with E-state index in [9.17, 15) is 13.2 Å². The average molecular weight is 319 g/mol. The monoisotopic (exact) mass is 319 g/mol. The number of hydrogen-bond donors (Lipinski definition) is 1. The minimum absolute atomic E-state index is 0.0212. The lowest BCUT2D eigenvalue weighted by atomic mass is 10.1. The van der Waals surface area contributed by atoms with Gasteiger partial charge in [0.1, 0.15) is 0 Å². The molecule has 0 saturated carbocycles. The number of rotatable bonds is 2. The maximum absolute atomic E-state index is 12.8. The number of alkyl halides is 3. The highest BCUT2D eigenvalue weighted by Crippen LogP contribution is 2.32. The van der Waals surface area contributed by atoms with Crippen molar-refractivity contribution in [3.05, 3.63) is 53.6 Å². The SMILES string of the molecule is Cc1c(N)cccc1-c1noc(-c2cccc(C(F)(F)F)c2)n1. The van der Waals surface area contributed by atoms with E-state index in [2.05, 4.69) is 10.1 Å². The van der Waals surface area contributed by atoms with E-state index in [1.54, 1.807) is 18.2 Å². The summed E-state index contributed by atoms with van der Waals surface area (Å²) in [6.07, 6.45) is -4.43. The van der Waals surface area contributed by atoms with Gasteiger partial charge >= 0.3 is 6.18 Å². The summed E-state index contributed by atoms with van der Waals surface area (Å²) in [5.74, 6) is 0.301. The Bertz CT molecular complexity index is 856. The molecule has 3 aromatic rings. The Labute approximate surface area is 129 Å². The first-order chi connectivity index (χ1) is 10.9. The van der Waals surface area contributed by atoms with Crippen molar-refractivity contribution in [1.29, 1.82) is 0 Å². The van der Waals surface area contributed by atoms with Crippen LogP contribution in [0, 0.1) is 6.92 Å². The number of hydrogen-bond acceptors (Lipinski definition) is 4. The maximum atomic E-state index is 12.8. The Balaban J connectivity index is 2.01. The average Bonchev–Trinajstić information content (AvgIpc) is 2.99. The quantitative estimate of drug-likeness (QED) is 0.715. The summed E-state index contributed by atoms with van der Waals surface area (Å²) < 4.78 is 43.4. The van der Waals surface area contributed by atoms with Crippen LogP contribution in [-0.4, -0.2) is 10.1 Å².